The van der Waals surface area contributed by atoms with Crippen LogP contribution in [0, 0.1) is 18.7 Å². The van der Waals surface area contributed by atoms with E-state index in [1.165, 1.54) is 31.4 Å². The number of amides is 1. The van der Waals surface area contributed by atoms with E-state index in [2.05, 4.69) is 5.32 Å². The van der Waals surface area contributed by atoms with Crippen molar-refractivity contribution in [1.82, 2.24) is 5.32 Å². The molecule has 3 N–H and O–H groups in total. The van der Waals surface area contributed by atoms with Gasteiger partial charge in [-0.1, -0.05) is 25.3 Å². The molecule has 21 heavy (non-hydrogen) atoms. The Balaban J connectivity index is 0.00000220. The molecule has 0 spiro atoms. The highest BCUT2D eigenvalue weighted by atomic mass is 35.5. The highest BCUT2D eigenvalue weighted by Gasteiger charge is 2.25. The van der Waals surface area contributed by atoms with Crippen molar-refractivity contribution < 1.29 is 9.18 Å². The highest BCUT2D eigenvalue weighted by molar-refractivity contribution is 5.94. The van der Waals surface area contributed by atoms with Gasteiger partial charge in [0.1, 0.15) is 5.82 Å². The maximum atomic E-state index is 13.8. The van der Waals surface area contributed by atoms with Crippen LogP contribution in [0.4, 0.5) is 4.39 Å². The van der Waals surface area contributed by atoms with Crippen LogP contribution in [0.2, 0.25) is 0 Å². The van der Waals surface area contributed by atoms with Gasteiger partial charge < -0.3 is 11.1 Å². The Kier molecular flexibility index (Phi) is 7.12. The third-order valence-corrected chi connectivity index (χ3v) is 4.16. The third-order valence-electron chi connectivity index (χ3n) is 4.16. The first-order valence-corrected chi connectivity index (χ1v) is 7.39. The lowest BCUT2D eigenvalue weighted by Gasteiger charge is -2.30. The SMILES string of the molecule is Cc1ccc(C(=O)NC(CN)C2CCCCC2)c(F)c1.Cl. The molecule has 0 aromatic heterocycles. The zero-order valence-electron chi connectivity index (χ0n) is 12.4. The van der Waals surface area contributed by atoms with E-state index in [1.54, 1.807) is 13.0 Å². The number of nitrogens with one attached hydrogen (secondary N) is 1. The van der Waals surface area contributed by atoms with E-state index in [4.69, 9.17) is 5.73 Å². The van der Waals surface area contributed by atoms with Crippen LogP contribution in [0.25, 0.3) is 0 Å². The fraction of sp³-hybridized carbons (Fsp3) is 0.562. The number of carbonyl (C=O) groups is 1. The van der Waals surface area contributed by atoms with Crippen molar-refractivity contribution >= 4 is 18.3 Å². The maximum absolute atomic E-state index is 13.8. The molecular weight excluding hydrogens is 291 g/mol. The number of carbonyl (C=O) groups excluding carboxylic acids is 1. The van der Waals surface area contributed by atoms with Gasteiger partial charge in [0.2, 0.25) is 0 Å². The Labute approximate surface area is 131 Å². The number of aryl methyl sites for hydroxylation is 1. The lowest BCUT2D eigenvalue weighted by Crippen LogP contribution is -2.46. The first-order valence-electron chi connectivity index (χ1n) is 7.39. The highest BCUT2D eigenvalue weighted by Crippen LogP contribution is 2.26. The van der Waals surface area contributed by atoms with Gasteiger partial charge in [0.05, 0.1) is 5.56 Å². The molecule has 0 radical (unpaired) electrons. The van der Waals surface area contributed by atoms with Gasteiger partial charge in [-0.05, 0) is 43.4 Å². The van der Waals surface area contributed by atoms with E-state index < -0.39 is 5.82 Å². The largest absolute Gasteiger partial charge is 0.348 e. The number of benzene rings is 1. The van der Waals surface area contributed by atoms with Crippen LogP contribution in [0.1, 0.15) is 48.0 Å². The molecule has 5 heteroatoms. The monoisotopic (exact) mass is 314 g/mol. The maximum Gasteiger partial charge on any atom is 0.254 e. The zero-order chi connectivity index (χ0) is 14.5. The average Bonchev–Trinajstić information content (AvgIpc) is 2.45. The number of hydrogen-bond donors (Lipinski definition) is 2. The Hall–Kier alpha value is -1.13. The number of halogens is 2. The average molecular weight is 315 g/mol. The van der Waals surface area contributed by atoms with E-state index in [1.807, 2.05) is 0 Å². The van der Waals surface area contributed by atoms with Crippen molar-refractivity contribution in [3.8, 4) is 0 Å². The molecule has 1 aliphatic carbocycles. The van der Waals surface area contributed by atoms with Gasteiger partial charge in [-0.15, -0.1) is 12.4 Å². The van der Waals surface area contributed by atoms with Crippen LogP contribution in [-0.4, -0.2) is 18.5 Å². The zero-order valence-corrected chi connectivity index (χ0v) is 13.2. The second-order valence-electron chi connectivity index (χ2n) is 5.70. The van der Waals surface area contributed by atoms with Crippen molar-refractivity contribution in [3.05, 3.63) is 35.1 Å². The molecule has 1 aliphatic rings. The van der Waals surface area contributed by atoms with E-state index in [-0.39, 0.29) is 29.9 Å². The van der Waals surface area contributed by atoms with E-state index in [0.29, 0.717) is 12.5 Å². The summed E-state index contributed by atoms with van der Waals surface area (Å²) in [6.45, 7) is 2.21. The fourth-order valence-electron chi connectivity index (χ4n) is 2.96. The molecule has 1 unspecified atom stereocenters. The normalized spacial score (nSPS) is 16.9. The van der Waals surface area contributed by atoms with Gasteiger partial charge in [-0.3, -0.25) is 4.79 Å². The van der Waals surface area contributed by atoms with Crippen LogP contribution in [-0.2, 0) is 0 Å². The summed E-state index contributed by atoms with van der Waals surface area (Å²) in [5, 5.41) is 2.91. The molecule has 3 nitrogen and oxygen atoms in total. The third kappa shape index (κ3) is 4.68. The first-order chi connectivity index (χ1) is 9.61. The molecule has 0 heterocycles. The topological polar surface area (TPSA) is 55.1 Å². The predicted molar refractivity (Wildman–Crippen MR) is 85.3 cm³/mol. The van der Waals surface area contributed by atoms with Crippen LogP contribution in [0.3, 0.4) is 0 Å². The van der Waals surface area contributed by atoms with Gasteiger partial charge in [0, 0.05) is 12.6 Å². The first kappa shape index (κ1) is 17.9. The number of nitrogens with two attached hydrogens (primary N) is 1. The minimum atomic E-state index is -0.470. The van der Waals surface area contributed by atoms with Crippen molar-refractivity contribution in [3.63, 3.8) is 0 Å². The number of rotatable bonds is 4. The number of hydrogen-bond acceptors (Lipinski definition) is 2. The molecule has 118 valence electrons. The lowest BCUT2D eigenvalue weighted by atomic mass is 9.84. The molecule has 0 bridgehead atoms. The molecule has 1 aromatic rings. The second-order valence-corrected chi connectivity index (χ2v) is 5.70. The second kappa shape index (κ2) is 8.35. The Morgan fingerprint density at radius 2 is 2.05 bits per heavy atom. The van der Waals surface area contributed by atoms with E-state index >= 15 is 0 Å². The van der Waals surface area contributed by atoms with Crippen LogP contribution >= 0.6 is 12.4 Å². The molecule has 0 saturated heterocycles. The summed E-state index contributed by atoms with van der Waals surface area (Å²) in [7, 11) is 0. The van der Waals surface area contributed by atoms with Crippen molar-refractivity contribution in [2.75, 3.05) is 6.54 Å². The Morgan fingerprint density at radius 1 is 1.38 bits per heavy atom. The standard InChI is InChI=1S/C16H23FN2O.ClH/c1-11-7-8-13(14(17)9-11)16(20)19-15(10-18)12-5-3-2-4-6-12;/h7-9,12,15H,2-6,10,18H2,1H3,(H,19,20);1H. The molecule has 0 aliphatic heterocycles. The quantitative estimate of drug-likeness (QED) is 0.896. The molecule has 1 saturated carbocycles. The fourth-order valence-corrected chi connectivity index (χ4v) is 2.96. The molecular formula is C16H24ClFN2O. The summed E-state index contributed by atoms with van der Waals surface area (Å²) in [5.74, 6) is -0.406. The van der Waals surface area contributed by atoms with Gasteiger partial charge in [-0.2, -0.15) is 0 Å². The summed E-state index contributed by atoms with van der Waals surface area (Å²) in [4.78, 5) is 12.2. The predicted octanol–water partition coefficient (Wildman–Crippen LogP) is 3.19. The molecule has 1 aromatic carbocycles. The smallest absolute Gasteiger partial charge is 0.254 e. The summed E-state index contributed by atoms with van der Waals surface area (Å²) in [6, 6.07) is 4.61. The summed E-state index contributed by atoms with van der Waals surface area (Å²) in [6.07, 6.45) is 5.83. The van der Waals surface area contributed by atoms with Crippen LogP contribution in [0.15, 0.2) is 18.2 Å². The van der Waals surface area contributed by atoms with Crippen molar-refractivity contribution in [1.29, 1.82) is 0 Å². The summed E-state index contributed by atoms with van der Waals surface area (Å²) < 4.78 is 13.8. The summed E-state index contributed by atoms with van der Waals surface area (Å²) in [5.41, 5.74) is 6.69. The van der Waals surface area contributed by atoms with Crippen LogP contribution < -0.4 is 11.1 Å². The van der Waals surface area contributed by atoms with Crippen molar-refractivity contribution in [2.24, 2.45) is 11.7 Å². The van der Waals surface area contributed by atoms with E-state index in [0.717, 1.165) is 18.4 Å². The van der Waals surface area contributed by atoms with Crippen LogP contribution in [0.5, 0.6) is 0 Å². The minimum Gasteiger partial charge on any atom is -0.348 e. The molecule has 1 amide bonds. The van der Waals surface area contributed by atoms with E-state index in [9.17, 15) is 9.18 Å². The van der Waals surface area contributed by atoms with Gasteiger partial charge in [0.25, 0.3) is 5.91 Å². The molecule has 2 rings (SSSR count). The molecule has 1 fully saturated rings. The van der Waals surface area contributed by atoms with Gasteiger partial charge in [0.15, 0.2) is 0 Å². The summed E-state index contributed by atoms with van der Waals surface area (Å²) >= 11 is 0. The lowest BCUT2D eigenvalue weighted by molar-refractivity contribution is 0.0911. The Morgan fingerprint density at radius 3 is 2.62 bits per heavy atom. The van der Waals surface area contributed by atoms with Gasteiger partial charge in [-0.25, -0.2) is 4.39 Å². The minimum absolute atomic E-state index is 0. The van der Waals surface area contributed by atoms with Crippen molar-refractivity contribution in [2.45, 2.75) is 45.1 Å². The van der Waals surface area contributed by atoms with Gasteiger partial charge >= 0.3 is 0 Å². The Bertz CT molecular complexity index is 475. The molecule has 1 atom stereocenters.